The third-order valence-electron chi connectivity index (χ3n) is 7.63. The molecule has 0 spiro atoms. The van der Waals surface area contributed by atoms with Crippen molar-refractivity contribution in [3.8, 4) is 10.9 Å². The summed E-state index contributed by atoms with van der Waals surface area (Å²) in [5, 5.41) is 8.31. The van der Waals surface area contributed by atoms with E-state index in [-0.39, 0.29) is 49.4 Å². The van der Waals surface area contributed by atoms with Crippen molar-refractivity contribution in [1.29, 1.82) is 0 Å². The quantitative estimate of drug-likeness (QED) is 0.276. The van der Waals surface area contributed by atoms with Gasteiger partial charge in [0.15, 0.2) is 17.4 Å². The molecule has 2 atom stereocenters. The first-order chi connectivity index (χ1) is 20.3. The molecule has 2 N–H and O–H groups in total. The Morgan fingerprint density at radius 2 is 1.90 bits per heavy atom. The van der Waals surface area contributed by atoms with Gasteiger partial charge in [-0.05, 0) is 55.5 Å². The molecule has 2 aliphatic heterocycles. The van der Waals surface area contributed by atoms with E-state index in [0.717, 1.165) is 41.5 Å². The molecule has 1 unspecified atom stereocenters. The smallest absolute Gasteiger partial charge is 0.273 e. The van der Waals surface area contributed by atoms with Crippen LogP contribution in [0.3, 0.4) is 0 Å². The molecule has 2 fully saturated rings. The maximum absolute atomic E-state index is 14.6. The monoisotopic (exact) mass is 634 g/mol. The van der Waals surface area contributed by atoms with Crippen molar-refractivity contribution in [3.05, 3.63) is 79.8 Å². The number of fused-ring (bicyclic) bond motifs is 2. The zero-order valence-corrected chi connectivity index (χ0v) is 25.2. The number of amides is 1. The van der Waals surface area contributed by atoms with Gasteiger partial charge in [0.25, 0.3) is 11.1 Å². The van der Waals surface area contributed by atoms with Gasteiger partial charge >= 0.3 is 0 Å². The van der Waals surface area contributed by atoms with Gasteiger partial charge in [0.05, 0.1) is 21.0 Å². The number of halogens is 4. The summed E-state index contributed by atoms with van der Waals surface area (Å²) in [5.41, 5.74) is 2.67. The van der Waals surface area contributed by atoms with Gasteiger partial charge in [0.2, 0.25) is 0 Å². The van der Waals surface area contributed by atoms with Crippen LogP contribution in [0.5, 0.6) is 10.9 Å². The van der Waals surface area contributed by atoms with Gasteiger partial charge in [-0.3, -0.25) is 4.79 Å². The number of carbonyl (C=O) groups excluding carboxylic acids is 1. The van der Waals surface area contributed by atoms with E-state index in [1.165, 1.54) is 23.5 Å². The molecule has 2 bridgehead atoms. The van der Waals surface area contributed by atoms with Gasteiger partial charge in [-0.25, -0.2) is 13.8 Å². The molecule has 3 aromatic rings. The highest BCUT2D eigenvalue weighted by Crippen LogP contribution is 2.39. The number of hydrogen-bond donors (Lipinski definition) is 2. The molecule has 7 nitrogen and oxygen atoms in total. The minimum atomic E-state index is -0.915. The van der Waals surface area contributed by atoms with Crippen molar-refractivity contribution < 1.29 is 23.0 Å². The predicted molar refractivity (Wildman–Crippen MR) is 159 cm³/mol. The summed E-state index contributed by atoms with van der Waals surface area (Å²) in [6.07, 6.45) is 4.04. The summed E-state index contributed by atoms with van der Waals surface area (Å²) in [5.74, 6) is -1.57. The molecule has 6 rings (SSSR count). The predicted octanol–water partition coefficient (Wildman–Crippen LogP) is 5.77. The van der Waals surface area contributed by atoms with Crippen molar-refractivity contribution in [2.24, 2.45) is 0 Å². The van der Waals surface area contributed by atoms with Gasteiger partial charge in [-0.1, -0.05) is 46.7 Å². The van der Waals surface area contributed by atoms with Crippen LogP contribution in [0.4, 0.5) is 8.78 Å². The van der Waals surface area contributed by atoms with E-state index in [0.29, 0.717) is 39.5 Å². The first-order valence-electron chi connectivity index (χ1n) is 13.9. The molecule has 1 saturated carbocycles. The fourth-order valence-corrected chi connectivity index (χ4v) is 7.09. The normalized spacial score (nSPS) is 20.0. The van der Waals surface area contributed by atoms with Crippen molar-refractivity contribution >= 4 is 46.0 Å². The Morgan fingerprint density at radius 1 is 1.14 bits per heavy atom. The van der Waals surface area contributed by atoms with Gasteiger partial charge < -0.3 is 25.0 Å². The highest BCUT2D eigenvalue weighted by molar-refractivity contribution is 7.14. The van der Waals surface area contributed by atoms with E-state index >= 15 is 0 Å². The highest BCUT2D eigenvalue weighted by Gasteiger charge is 2.41. The lowest BCUT2D eigenvalue weighted by atomic mass is 9.86. The molecule has 1 amide bonds. The second-order valence-corrected chi connectivity index (χ2v) is 12.6. The molecule has 2 aromatic carbocycles. The number of nitrogens with zero attached hydrogens (tertiary/aromatic N) is 2. The summed E-state index contributed by atoms with van der Waals surface area (Å²) in [6, 6.07) is 7.61. The SMILES string of the molecule is Cc1cc(Cl)c(OCCOc2ncc(C3=C(C(=O)N(Cc4cccc(F)c4F)C4CC4)[C@H]4CNCC(C3)N4)s2)c(Cl)c1. The van der Waals surface area contributed by atoms with Crippen LogP contribution in [0, 0.1) is 18.6 Å². The van der Waals surface area contributed by atoms with Crippen molar-refractivity contribution in [2.75, 3.05) is 26.3 Å². The number of nitrogens with one attached hydrogen (secondary N) is 2. The van der Waals surface area contributed by atoms with Gasteiger partial charge in [0.1, 0.15) is 13.2 Å². The first kappa shape index (κ1) is 29.3. The minimum Gasteiger partial charge on any atom is -0.487 e. The van der Waals surface area contributed by atoms with Gasteiger partial charge in [-0.2, -0.15) is 0 Å². The molecule has 42 heavy (non-hydrogen) atoms. The second kappa shape index (κ2) is 12.5. The summed E-state index contributed by atoms with van der Waals surface area (Å²) >= 11 is 13.9. The van der Waals surface area contributed by atoms with Crippen molar-refractivity contribution in [2.45, 2.75) is 50.9 Å². The molecule has 1 aromatic heterocycles. The van der Waals surface area contributed by atoms with E-state index in [1.807, 2.05) is 6.92 Å². The summed E-state index contributed by atoms with van der Waals surface area (Å²) in [7, 11) is 0. The van der Waals surface area contributed by atoms with Crippen molar-refractivity contribution in [3.63, 3.8) is 0 Å². The Labute approximate surface area is 256 Å². The molecular formula is C30H30Cl2F2N4O3S. The first-order valence-corrected chi connectivity index (χ1v) is 15.5. The van der Waals surface area contributed by atoms with Crippen LogP contribution in [0.25, 0.3) is 5.57 Å². The van der Waals surface area contributed by atoms with Crippen LogP contribution in [0.2, 0.25) is 10.0 Å². The maximum atomic E-state index is 14.6. The van der Waals surface area contributed by atoms with Crippen LogP contribution < -0.4 is 20.1 Å². The summed E-state index contributed by atoms with van der Waals surface area (Å²) < 4.78 is 40.2. The van der Waals surface area contributed by atoms with E-state index in [4.69, 9.17) is 32.7 Å². The Balaban J connectivity index is 1.21. The molecule has 3 aliphatic rings. The number of aromatic nitrogens is 1. The standard InChI is InChI=1S/C30H30Cl2F2N4O3S/c1-16-9-21(31)28(22(32)10-16)40-7-8-41-30-36-14-25(42-30)20-11-18-12-35-13-24(37-18)26(20)29(39)38(19-5-6-19)15-17-3-2-4-23(33)27(17)34/h2-4,9-10,14,18-19,24,35,37H,5-8,11-13,15H2,1H3/t18?,24-/m1/s1. The third kappa shape index (κ3) is 6.28. The van der Waals surface area contributed by atoms with E-state index < -0.39 is 11.6 Å². The number of hydrogen-bond acceptors (Lipinski definition) is 7. The Morgan fingerprint density at radius 3 is 2.67 bits per heavy atom. The zero-order chi connectivity index (χ0) is 29.4. The average Bonchev–Trinajstić information content (AvgIpc) is 3.69. The van der Waals surface area contributed by atoms with Crippen LogP contribution in [0.15, 0.2) is 42.1 Å². The number of aryl methyl sites for hydroxylation is 1. The fraction of sp³-hybridized carbons (Fsp3) is 0.400. The highest BCUT2D eigenvalue weighted by atomic mass is 35.5. The van der Waals surface area contributed by atoms with Crippen LogP contribution in [-0.2, 0) is 11.3 Å². The number of thiazole rings is 1. The molecule has 222 valence electrons. The fourth-order valence-electron chi connectivity index (χ4n) is 5.52. The van der Waals surface area contributed by atoms with Gasteiger partial charge in [0, 0.05) is 49.1 Å². The molecule has 12 heteroatoms. The van der Waals surface area contributed by atoms with Crippen LogP contribution >= 0.6 is 34.5 Å². The Bertz CT molecular complexity index is 1510. The topological polar surface area (TPSA) is 75.7 Å². The lowest BCUT2D eigenvalue weighted by Crippen LogP contribution is -2.59. The number of carbonyl (C=O) groups is 1. The lowest BCUT2D eigenvalue weighted by molar-refractivity contribution is -0.128. The molecule has 1 saturated heterocycles. The van der Waals surface area contributed by atoms with E-state index in [1.54, 1.807) is 23.2 Å². The lowest BCUT2D eigenvalue weighted by Gasteiger charge is -2.40. The average molecular weight is 636 g/mol. The largest absolute Gasteiger partial charge is 0.487 e. The zero-order valence-electron chi connectivity index (χ0n) is 22.9. The molecule has 0 radical (unpaired) electrons. The Hall–Kier alpha value is -2.76. The Kier molecular flexibility index (Phi) is 8.70. The summed E-state index contributed by atoms with van der Waals surface area (Å²) in [6.45, 7) is 3.74. The molecule has 3 heterocycles. The van der Waals surface area contributed by atoms with E-state index in [2.05, 4.69) is 15.6 Å². The number of ether oxygens (including phenoxy) is 2. The van der Waals surface area contributed by atoms with Gasteiger partial charge in [-0.15, -0.1) is 0 Å². The molecule has 1 aliphatic carbocycles. The van der Waals surface area contributed by atoms with Crippen LogP contribution in [-0.4, -0.2) is 60.2 Å². The number of rotatable bonds is 10. The van der Waals surface area contributed by atoms with Crippen LogP contribution in [0.1, 0.15) is 35.3 Å². The van der Waals surface area contributed by atoms with E-state index in [9.17, 15) is 13.6 Å². The summed E-state index contributed by atoms with van der Waals surface area (Å²) in [4.78, 5) is 21.2. The number of piperazine rings is 1. The molecular weight excluding hydrogens is 605 g/mol. The minimum absolute atomic E-state index is 0.000850. The van der Waals surface area contributed by atoms with Crippen molar-refractivity contribution in [1.82, 2.24) is 20.5 Å². The number of benzene rings is 2. The second-order valence-electron chi connectivity index (χ2n) is 10.8. The third-order valence-corrected chi connectivity index (χ3v) is 9.16. The maximum Gasteiger partial charge on any atom is 0.273 e.